The SMILES string of the molecule is Cn1c(-c2ccccc2)nc2cc3c(cc21)-n1c2cc4c(cc2c2ccc(-c5cc6c(cc5Nc5ccc(C(C)(C)C)cc5)C(C)(C)c5ccccc5-6)c(c21)B3)-c1ccccc1C4(C)C. The van der Waals surface area contributed by atoms with Crippen LogP contribution in [0.2, 0.25) is 0 Å². The average Bonchev–Trinajstić information content (AvgIpc) is 3.95. The predicted molar refractivity (Wildman–Crippen MR) is 276 cm³/mol. The fourth-order valence-corrected chi connectivity index (χ4v) is 12.0. The number of imidazole rings is 1. The number of aryl methyl sites for hydroxylation is 1. The van der Waals surface area contributed by atoms with Gasteiger partial charge < -0.3 is 14.5 Å². The van der Waals surface area contributed by atoms with Crippen LogP contribution in [0.25, 0.3) is 83.3 Å². The molecule has 10 aromatic rings. The van der Waals surface area contributed by atoms with Crippen molar-refractivity contribution in [1.29, 1.82) is 0 Å². The van der Waals surface area contributed by atoms with E-state index in [-0.39, 0.29) is 16.2 Å². The van der Waals surface area contributed by atoms with Gasteiger partial charge in [0, 0.05) is 62.4 Å². The third-order valence-electron chi connectivity index (χ3n) is 15.5. The molecule has 5 heteroatoms. The molecule has 1 aliphatic heterocycles. The molecule has 65 heavy (non-hydrogen) atoms. The molecule has 8 aromatic carbocycles. The van der Waals surface area contributed by atoms with E-state index in [9.17, 15) is 0 Å². The van der Waals surface area contributed by atoms with Crippen LogP contribution in [-0.4, -0.2) is 21.4 Å². The maximum absolute atomic E-state index is 5.32. The van der Waals surface area contributed by atoms with Gasteiger partial charge in [0.15, 0.2) is 7.28 Å². The lowest BCUT2D eigenvalue weighted by molar-refractivity contribution is 0.590. The lowest BCUT2D eigenvalue weighted by Crippen LogP contribution is -2.37. The highest BCUT2D eigenvalue weighted by atomic mass is 15.1. The molecule has 0 amide bonds. The number of nitrogens with zero attached hydrogens (tertiary/aromatic N) is 3. The number of rotatable bonds is 4. The molecule has 3 heterocycles. The van der Waals surface area contributed by atoms with Crippen LogP contribution < -0.4 is 16.2 Å². The molecule has 0 bridgehead atoms. The third-order valence-corrected chi connectivity index (χ3v) is 15.5. The Morgan fingerprint density at radius 1 is 0.554 bits per heavy atom. The van der Waals surface area contributed by atoms with Gasteiger partial charge in [0.1, 0.15) is 5.82 Å². The Bertz CT molecular complexity index is 3690. The molecule has 3 aliphatic rings. The van der Waals surface area contributed by atoms with E-state index in [1.807, 2.05) is 0 Å². The maximum atomic E-state index is 5.32. The Balaban J connectivity index is 1.10. The van der Waals surface area contributed by atoms with Crippen LogP contribution in [-0.2, 0) is 23.3 Å². The van der Waals surface area contributed by atoms with Crippen LogP contribution in [0.4, 0.5) is 11.4 Å². The number of anilines is 2. The van der Waals surface area contributed by atoms with Gasteiger partial charge in [0.25, 0.3) is 0 Å². The second-order valence-electron chi connectivity index (χ2n) is 21.0. The standard InChI is InChI=1S/C60H51BN4/c1-58(2,3)35-22-24-36(25-23-35)62-50-30-47-41(37-18-12-14-20-45(37)59(47,4)5)28-43(50)39-26-27-40-44-29-42-38-19-13-15-21-46(38)60(6,7)48(42)31-52(44)65-53-33-54-51(32-49(53)61-55(39)56(40)65)63-57(64(54)8)34-16-10-9-11-17-34/h9-33,61-62H,1-8H3. The first-order chi connectivity index (χ1) is 31.3. The van der Waals surface area contributed by atoms with Crippen LogP contribution in [0.3, 0.4) is 0 Å². The fraction of sp³-hybridized carbons (Fsp3) is 0.183. The van der Waals surface area contributed by atoms with E-state index >= 15 is 0 Å². The highest BCUT2D eigenvalue weighted by Crippen LogP contribution is 2.53. The van der Waals surface area contributed by atoms with Crippen molar-refractivity contribution >= 4 is 62.4 Å². The van der Waals surface area contributed by atoms with Crippen molar-refractivity contribution in [3.05, 3.63) is 179 Å². The molecular weight excluding hydrogens is 787 g/mol. The third kappa shape index (κ3) is 5.30. The van der Waals surface area contributed by atoms with Crippen LogP contribution in [0.5, 0.6) is 0 Å². The normalized spacial score (nSPS) is 14.8. The first-order valence-electron chi connectivity index (χ1n) is 23.2. The Labute approximate surface area is 381 Å². The first kappa shape index (κ1) is 38.4. The minimum Gasteiger partial charge on any atom is -0.355 e. The molecule has 13 rings (SSSR count). The van der Waals surface area contributed by atoms with Gasteiger partial charge in [-0.3, -0.25) is 0 Å². The molecule has 2 aliphatic carbocycles. The Morgan fingerprint density at radius 2 is 1.20 bits per heavy atom. The molecule has 1 N–H and O–H groups in total. The van der Waals surface area contributed by atoms with Crippen LogP contribution >= 0.6 is 0 Å². The van der Waals surface area contributed by atoms with Crippen molar-refractivity contribution in [3.63, 3.8) is 0 Å². The minimum absolute atomic E-state index is 0.0725. The van der Waals surface area contributed by atoms with Gasteiger partial charge >= 0.3 is 0 Å². The predicted octanol–water partition coefficient (Wildman–Crippen LogP) is 13.4. The molecule has 0 saturated carbocycles. The second-order valence-corrected chi connectivity index (χ2v) is 21.0. The highest BCUT2D eigenvalue weighted by Gasteiger charge is 2.39. The topological polar surface area (TPSA) is 34.8 Å². The lowest BCUT2D eigenvalue weighted by Gasteiger charge is -2.26. The van der Waals surface area contributed by atoms with E-state index in [0.717, 1.165) is 41.1 Å². The summed E-state index contributed by atoms with van der Waals surface area (Å²) in [6.07, 6.45) is 0. The lowest BCUT2D eigenvalue weighted by atomic mass is 9.59. The van der Waals surface area contributed by atoms with Gasteiger partial charge in [-0.25, -0.2) is 4.98 Å². The van der Waals surface area contributed by atoms with Gasteiger partial charge in [0.2, 0.25) is 0 Å². The zero-order valence-corrected chi connectivity index (χ0v) is 38.5. The van der Waals surface area contributed by atoms with Crippen molar-refractivity contribution in [2.75, 3.05) is 5.32 Å². The monoisotopic (exact) mass is 838 g/mol. The summed E-state index contributed by atoms with van der Waals surface area (Å²) in [4.78, 5) is 5.32. The summed E-state index contributed by atoms with van der Waals surface area (Å²) in [5, 5.41) is 6.59. The van der Waals surface area contributed by atoms with E-state index in [1.54, 1.807) is 0 Å². The number of aromatic nitrogens is 3. The molecule has 0 radical (unpaired) electrons. The highest BCUT2D eigenvalue weighted by molar-refractivity contribution is 6.73. The minimum atomic E-state index is -0.139. The smallest absolute Gasteiger partial charge is 0.198 e. The van der Waals surface area contributed by atoms with E-state index in [4.69, 9.17) is 4.98 Å². The molecule has 0 spiro atoms. The number of fused-ring (bicyclic) bond motifs is 12. The molecular formula is C60H51BN4. The Hall–Kier alpha value is -7.11. The van der Waals surface area contributed by atoms with Crippen molar-refractivity contribution < 1.29 is 0 Å². The molecule has 4 nitrogen and oxygen atoms in total. The van der Waals surface area contributed by atoms with Gasteiger partial charge in [-0.2, -0.15) is 0 Å². The first-order valence-corrected chi connectivity index (χ1v) is 23.2. The van der Waals surface area contributed by atoms with Crippen molar-refractivity contribution in [2.45, 2.75) is 64.7 Å². The van der Waals surface area contributed by atoms with Gasteiger partial charge in [-0.05, 0) is 115 Å². The zero-order chi connectivity index (χ0) is 44.3. The molecule has 314 valence electrons. The number of nitrogens with one attached hydrogen (secondary N) is 1. The molecule has 0 atom stereocenters. The summed E-state index contributed by atoms with van der Waals surface area (Å²) in [5.74, 6) is 0.980. The number of hydrogen-bond donors (Lipinski definition) is 1. The summed E-state index contributed by atoms with van der Waals surface area (Å²) >= 11 is 0. The van der Waals surface area contributed by atoms with Crippen LogP contribution in [0.1, 0.15) is 76.3 Å². The average molecular weight is 839 g/mol. The Morgan fingerprint density at radius 3 is 1.89 bits per heavy atom. The molecule has 0 fully saturated rings. The summed E-state index contributed by atoms with van der Waals surface area (Å²) in [7, 11) is 2.95. The van der Waals surface area contributed by atoms with E-state index in [2.05, 4.69) is 222 Å². The summed E-state index contributed by atoms with van der Waals surface area (Å²) in [5.41, 5.74) is 26.4. The summed E-state index contributed by atoms with van der Waals surface area (Å²) in [6.45, 7) is 16.4. The van der Waals surface area contributed by atoms with Gasteiger partial charge in [-0.15, -0.1) is 0 Å². The molecule has 0 saturated heterocycles. The van der Waals surface area contributed by atoms with Crippen molar-refractivity contribution in [3.8, 4) is 50.5 Å². The quantitative estimate of drug-likeness (QED) is 0.179. The number of benzene rings is 8. The fourth-order valence-electron chi connectivity index (χ4n) is 12.0. The second kappa shape index (κ2) is 13.0. The van der Waals surface area contributed by atoms with E-state index in [0.29, 0.717) is 0 Å². The van der Waals surface area contributed by atoms with E-state index in [1.165, 1.54) is 99.6 Å². The summed E-state index contributed by atoms with van der Waals surface area (Å²) < 4.78 is 4.88. The van der Waals surface area contributed by atoms with Gasteiger partial charge in [-0.1, -0.05) is 157 Å². The Kier molecular flexibility index (Phi) is 7.68. The van der Waals surface area contributed by atoms with Crippen molar-refractivity contribution in [2.24, 2.45) is 7.05 Å². The zero-order valence-electron chi connectivity index (χ0n) is 38.5. The largest absolute Gasteiger partial charge is 0.355 e. The summed E-state index contributed by atoms with van der Waals surface area (Å²) in [6, 6.07) is 57.3. The van der Waals surface area contributed by atoms with Crippen LogP contribution in [0.15, 0.2) is 152 Å². The molecule has 0 unspecified atom stereocenters. The maximum Gasteiger partial charge on any atom is 0.198 e. The number of hydrogen-bond acceptors (Lipinski definition) is 2. The van der Waals surface area contributed by atoms with Crippen LogP contribution in [0, 0.1) is 0 Å². The van der Waals surface area contributed by atoms with Crippen molar-refractivity contribution in [1.82, 2.24) is 14.1 Å². The van der Waals surface area contributed by atoms with Gasteiger partial charge in [0.05, 0.1) is 16.6 Å². The molecule has 2 aromatic heterocycles. The van der Waals surface area contributed by atoms with E-state index < -0.39 is 0 Å².